The van der Waals surface area contributed by atoms with Gasteiger partial charge in [0.1, 0.15) is 5.01 Å². The summed E-state index contributed by atoms with van der Waals surface area (Å²) in [6, 6.07) is 0.411. The molecule has 0 atom stereocenters. The molecule has 1 heterocycles. The predicted octanol–water partition coefficient (Wildman–Crippen LogP) is 1.81. The lowest BCUT2D eigenvalue weighted by Gasteiger charge is -2.27. The third-order valence-corrected chi connectivity index (χ3v) is 4.32. The van der Waals surface area contributed by atoms with Crippen molar-refractivity contribution in [2.24, 2.45) is 4.99 Å². The lowest BCUT2D eigenvalue weighted by molar-refractivity contribution is 0.120. The summed E-state index contributed by atoms with van der Waals surface area (Å²) in [6.45, 7) is 5.58. The number of nitrogens with zero attached hydrogens (tertiary/aromatic N) is 2. The Balaban J connectivity index is 1.88. The molecule has 1 saturated carbocycles. The summed E-state index contributed by atoms with van der Waals surface area (Å²) in [6.07, 6.45) is 5.53. The summed E-state index contributed by atoms with van der Waals surface area (Å²) >= 11 is 1.69. The molecule has 1 aromatic rings. The van der Waals surface area contributed by atoms with Gasteiger partial charge in [0.25, 0.3) is 0 Å². The van der Waals surface area contributed by atoms with Crippen molar-refractivity contribution in [3.8, 4) is 0 Å². The van der Waals surface area contributed by atoms with E-state index in [4.69, 9.17) is 0 Å². The van der Waals surface area contributed by atoms with Crippen LogP contribution in [0, 0.1) is 6.92 Å². The molecular formula is C14H24N4OS. The van der Waals surface area contributed by atoms with E-state index >= 15 is 0 Å². The van der Waals surface area contributed by atoms with Crippen LogP contribution in [0.15, 0.2) is 11.2 Å². The van der Waals surface area contributed by atoms with Crippen LogP contribution in [0.3, 0.4) is 0 Å². The number of aliphatic hydroxyl groups is 1. The molecular weight excluding hydrogens is 272 g/mol. The van der Waals surface area contributed by atoms with Gasteiger partial charge in [0.15, 0.2) is 5.96 Å². The Labute approximate surface area is 124 Å². The zero-order valence-electron chi connectivity index (χ0n) is 12.2. The fourth-order valence-electron chi connectivity index (χ4n) is 2.35. The number of aromatic nitrogens is 1. The molecule has 0 spiro atoms. The van der Waals surface area contributed by atoms with Gasteiger partial charge < -0.3 is 15.7 Å². The largest absolute Gasteiger partial charge is 0.393 e. The van der Waals surface area contributed by atoms with Crippen LogP contribution in [-0.2, 0) is 6.54 Å². The fraction of sp³-hybridized carbons (Fsp3) is 0.714. The Hall–Kier alpha value is -1.14. The SMILES string of the molecule is CCNC(=NCc1ncc(C)s1)NC1CCC(O)CC1. The van der Waals surface area contributed by atoms with E-state index < -0.39 is 0 Å². The second kappa shape index (κ2) is 7.59. The van der Waals surface area contributed by atoms with Gasteiger partial charge in [-0.1, -0.05) is 0 Å². The number of guanidine groups is 1. The maximum Gasteiger partial charge on any atom is 0.191 e. The van der Waals surface area contributed by atoms with Crippen LogP contribution in [0.4, 0.5) is 0 Å². The average molecular weight is 296 g/mol. The Morgan fingerprint density at radius 3 is 2.80 bits per heavy atom. The summed E-state index contributed by atoms with van der Waals surface area (Å²) in [5.74, 6) is 0.849. The van der Waals surface area contributed by atoms with E-state index in [-0.39, 0.29) is 6.10 Å². The lowest BCUT2D eigenvalue weighted by Crippen LogP contribution is -2.45. The Morgan fingerprint density at radius 1 is 1.45 bits per heavy atom. The van der Waals surface area contributed by atoms with Gasteiger partial charge in [-0.05, 0) is 39.5 Å². The summed E-state index contributed by atoms with van der Waals surface area (Å²) in [5, 5.41) is 17.3. The summed E-state index contributed by atoms with van der Waals surface area (Å²) < 4.78 is 0. The van der Waals surface area contributed by atoms with E-state index in [0.717, 1.165) is 43.2 Å². The van der Waals surface area contributed by atoms with Crippen molar-refractivity contribution in [1.82, 2.24) is 15.6 Å². The van der Waals surface area contributed by atoms with Gasteiger partial charge in [-0.3, -0.25) is 0 Å². The van der Waals surface area contributed by atoms with Crippen molar-refractivity contribution >= 4 is 17.3 Å². The molecule has 20 heavy (non-hydrogen) atoms. The first-order valence-electron chi connectivity index (χ1n) is 7.31. The number of aliphatic hydroxyl groups excluding tert-OH is 1. The number of nitrogens with one attached hydrogen (secondary N) is 2. The second-order valence-electron chi connectivity index (χ2n) is 5.21. The van der Waals surface area contributed by atoms with Gasteiger partial charge in [0.05, 0.1) is 12.6 Å². The first-order chi connectivity index (χ1) is 9.67. The van der Waals surface area contributed by atoms with E-state index in [1.54, 1.807) is 11.3 Å². The van der Waals surface area contributed by atoms with Gasteiger partial charge in [-0.2, -0.15) is 0 Å². The van der Waals surface area contributed by atoms with Gasteiger partial charge in [0, 0.05) is 23.7 Å². The molecule has 6 heteroatoms. The lowest BCUT2D eigenvalue weighted by atomic mass is 9.93. The van der Waals surface area contributed by atoms with Crippen molar-refractivity contribution < 1.29 is 5.11 Å². The van der Waals surface area contributed by atoms with E-state index in [1.807, 2.05) is 6.20 Å². The van der Waals surface area contributed by atoms with Gasteiger partial charge >= 0.3 is 0 Å². The maximum atomic E-state index is 9.54. The van der Waals surface area contributed by atoms with Crippen molar-refractivity contribution in [3.63, 3.8) is 0 Å². The minimum absolute atomic E-state index is 0.120. The monoisotopic (exact) mass is 296 g/mol. The zero-order valence-corrected chi connectivity index (χ0v) is 13.0. The number of aliphatic imine (C=N–C) groups is 1. The van der Waals surface area contributed by atoms with E-state index in [0.29, 0.717) is 12.6 Å². The highest BCUT2D eigenvalue weighted by atomic mass is 32.1. The van der Waals surface area contributed by atoms with Crippen molar-refractivity contribution in [1.29, 1.82) is 0 Å². The third kappa shape index (κ3) is 4.76. The first kappa shape index (κ1) is 15.3. The second-order valence-corrected chi connectivity index (χ2v) is 6.53. The Bertz CT molecular complexity index is 438. The van der Waals surface area contributed by atoms with Crippen LogP contribution in [0.5, 0.6) is 0 Å². The van der Waals surface area contributed by atoms with Crippen LogP contribution >= 0.6 is 11.3 Å². The van der Waals surface area contributed by atoms with Crippen molar-refractivity contribution in [2.75, 3.05) is 6.54 Å². The number of hydrogen-bond acceptors (Lipinski definition) is 4. The highest BCUT2D eigenvalue weighted by molar-refractivity contribution is 7.11. The predicted molar refractivity (Wildman–Crippen MR) is 83.1 cm³/mol. The molecule has 0 radical (unpaired) electrons. The Kier molecular flexibility index (Phi) is 5.79. The molecule has 5 nitrogen and oxygen atoms in total. The molecule has 1 fully saturated rings. The molecule has 112 valence electrons. The topological polar surface area (TPSA) is 69.5 Å². The number of thiazole rings is 1. The van der Waals surface area contributed by atoms with Gasteiger partial charge in [0.2, 0.25) is 0 Å². The number of aryl methyl sites for hydroxylation is 1. The van der Waals surface area contributed by atoms with Crippen LogP contribution in [0.1, 0.15) is 42.5 Å². The standard InChI is InChI=1S/C14H24N4OS/c1-3-15-14(17-9-13-16-8-10(2)20-13)18-11-4-6-12(19)7-5-11/h8,11-12,19H,3-7,9H2,1-2H3,(H2,15,17,18). The molecule has 2 rings (SSSR count). The molecule has 0 unspecified atom stereocenters. The van der Waals surface area contributed by atoms with Crippen LogP contribution in [0.25, 0.3) is 0 Å². The molecule has 1 aromatic heterocycles. The first-order valence-corrected chi connectivity index (χ1v) is 8.13. The summed E-state index contributed by atoms with van der Waals surface area (Å²) in [4.78, 5) is 10.1. The molecule has 3 N–H and O–H groups in total. The molecule has 0 bridgehead atoms. The normalized spacial score (nSPS) is 23.6. The number of rotatable bonds is 4. The van der Waals surface area contributed by atoms with Crippen LogP contribution in [-0.4, -0.2) is 34.7 Å². The van der Waals surface area contributed by atoms with E-state index in [2.05, 4.69) is 34.5 Å². The quantitative estimate of drug-likeness (QED) is 0.585. The summed E-state index contributed by atoms with van der Waals surface area (Å²) in [7, 11) is 0. The summed E-state index contributed by atoms with van der Waals surface area (Å²) in [5.41, 5.74) is 0. The smallest absolute Gasteiger partial charge is 0.191 e. The van der Waals surface area contributed by atoms with Crippen LogP contribution in [0.2, 0.25) is 0 Å². The molecule has 0 aromatic carbocycles. The van der Waals surface area contributed by atoms with Crippen LogP contribution < -0.4 is 10.6 Å². The molecule has 1 aliphatic rings. The minimum atomic E-state index is -0.120. The van der Waals surface area contributed by atoms with Crippen molar-refractivity contribution in [3.05, 3.63) is 16.1 Å². The Morgan fingerprint density at radius 2 is 2.20 bits per heavy atom. The van der Waals surface area contributed by atoms with Gasteiger partial charge in [-0.25, -0.2) is 9.98 Å². The zero-order chi connectivity index (χ0) is 14.4. The highest BCUT2D eigenvalue weighted by Crippen LogP contribution is 2.18. The molecule has 0 saturated heterocycles. The number of hydrogen-bond donors (Lipinski definition) is 3. The van der Waals surface area contributed by atoms with E-state index in [9.17, 15) is 5.11 Å². The maximum absolute atomic E-state index is 9.54. The third-order valence-electron chi connectivity index (χ3n) is 3.42. The van der Waals surface area contributed by atoms with E-state index in [1.165, 1.54) is 4.88 Å². The molecule has 1 aliphatic carbocycles. The van der Waals surface area contributed by atoms with Gasteiger partial charge in [-0.15, -0.1) is 11.3 Å². The van der Waals surface area contributed by atoms with Crippen molar-refractivity contribution in [2.45, 2.75) is 58.2 Å². The highest BCUT2D eigenvalue weighted by Gasteiger charge is 2.19. The fourth-order valence-corrected chi connectivity index (χ4v) is 3.07. The molecule has 0 aliphatic heterocycles. The minimum Gasteiger partial charge on any atom is -0.393 e. The molecule has 0 amide bonds. The average Bonchev–Trinajstić information content (AvgIpc) is 2.85.